The van der Waals surface area contributed by atoms with E-state index in [0.29, 0.717) is 36.7 Å². The smallest absolute Gasteiger partial charge is 0.335 e. The van der Waals surface area contributed by atoms with Gasteiger partial charge in [-0.3, -0.25) is 0 Å². The molecule has 0 radical (unpaired) electrons. The number of esters is 1. The van der Waals surface area contributed by atoms with Gasteiger partial charge in [-0.05, 0) is 49.6 Å². The van der Waals surface area contributed by atoms with Gasteiger partial charge in [-0.1, -0.05) is 11.6 Å². The molecule has 25 heavy (non-hydrogen) atoms. The second-order valence-electron chi connectivity index (χ2n) is 5.70. The van der Waals surface area contributed by atoms with Gasteiger partial charge in [0.25, 0.3) is 0 Å². The van der Waals surface area contributed by atoms with Gasteiger partial charge in [-0.25, -0.2) is 9.18 Å². The fourth-order valence-electron chi connectivity index (χ4n) is 2.83. The number of hydrogen-bond donors (Lipinski definition) is 1. The first-order chi connectivity index (χ1) is 12.0. The lowest BCUT2D eigenvalue weighted by atomic mass is 9.94. The fraction of sp³-hybridized carbons (Fsp3) is 0.471. The molecular weight excluding hydrogens is 369 g/mol. The van der Waals surface area contributed by atoms with E-state index in [2.05, 4.69) is 4.72 Å². The van der Waals surface area contributed by atoms with Crippen molar-refractivity contribution >= 4 is 35.2 Å². The summed E-state index contributed by atoms with van der Waals surface area (Å²) in [7, 11) is 0. The monoisotopic (exact) mass is 387 g/mol. The Morgan fingerprint density at radius 2 is 2.24 bits per heavy atom. The van der Waals surface area contributed by atoms with E-state index in [9.17, 15) is 9.18 Å². The van der Waals surface area contributed by atoms with Crippen molar-refractivity contribution in [2.75, 3.05) is 24.5 Å². The molecule has 136 valence electrons. The van der Waals surface area contributed by atoms with Crippen LogP contribution >= 0.6 is 23.5 Å². The summed E-state index contributed by atoms with van der Waals surface area (Å²) in [6, 6.07) is 4.28. The Labute approximate surface area is 155 Å². The minimum absolute atomic E-state index is 0.212. The zero-order valence-corrected chi connectivity index (χ0v) is 15.3. The van der Waals surface area contributed by atoms with Crippen molar-refractivity contribution in [1.29, 1.82) is 0 Å². The van der Waals surface area contributed by atoms with Gasteiger partial charge < -0.3 is 18.9 Å². The molecule has 1 saturated heterocycles. The molecule has 1 aliphatic carbocycles. The molecule has 1 unspecified atom stereocenters. The number of carbonyl (C=O) groups excluding carboxylic acids is 1. The minimum Gasteiger partial charge on any atom is -0.463 e. The Morgan fingerprint density at radius 1 is 1.48 bits per heavy atom. The summed E-state index contributed by atoms with van der Waals surface area (Å²) < 4.78 is 33.3. The van der Waals surface area contributed by atoms with Gasteiger partial charge in [-0.2, -0.15) is 0 Å². The highest BCUT2D eigenvalue weighted by atomic mass is 35.5. The van der Waals surface area contributed by atoms with Gasteiger partial charge in [0.2, 0.25) is 0 Å². The molecule has 0 bridgehead atoms. The normalized spacial score (nSPS) is 21.9. The molecule has 1 aromatic carbocycles. The Bertz CT molecular complexity index is 679. The van der Waals surface area contributed by atoms with Crippen LogP contribution in [0.15, 0.2) is 29.8 Å². The van der Waals surface area contributed by atoms with Gasteiger partial charge >= 0.3 is 5.97 Å². The van der Waals surface area contributed by atoms with E-state index in [1.54, 1.807) is 13.0 Å². The molecule has 1 atom stereocenters. The van der Waals surface area contributed by atoms with E-state index < -0.39 is 17.6 Å². The van der Waals surface area contributed by atoms with E-state index in [1.807, 2.05) is 0 Å². The van der Waals surface area contributed by atoms with Crippen molar-refractivity contribution in [3.63, 3.8) is 0 Å². The van der Waals surface area contributed by atoms with Crippen molar-refractivity contribution < 1.29 is 23.4 Å². The first-order valence-corrected chi connectivity index (χ1v) is 9.33. The van der Waals surface area contributed by atoms with Crippen molar-refractivity contribution in [2.45, 2.75) is 30.8 Å². The summed E-state index contributed by atoms with van der Waals surface area (Å²) in [6.45, 7) is 3.02. The molecule has 1 heterocycles. The summed E-state index contributed by atoms with van der Waals surface area (Å²) in [6.07, 6.45) is 2.95. The maximum Gasteiger partial charge on any atom is 0.335 e. The largest absolute Gasteiger partial charge is 0.463 e. The first-order valence-electron chi connectivity index (χ1n) is 8.07. The Hall–Kier alpha value is -1.28. The molecule has 3 rings (SSSR count). The standard InChI is InChI=1S/C17H19ClFNO4S/c1-2-22-16(21)12-10-17(23-7-8-24-17)6-5-15(12)25-20-14-9-11(18)3-4-13(14)19/h3-4,9-10,15,20H,2,5-8H2,1H3. The molecule has 0 amide bonds. The predicted molar refractivity (Wildman–Crippen MR) is 95.0 cm³/mol. The number of hydrogen-bond acceptors (Lipinski definition) is 6. The van der Waals surface area contributed by atoms with Crippen LogP contribution in [0.25, 0.3) is 0 Å². The maximum atomic E-state index is 13.9. The van der Waals surface area contributed by atoms with E-state index >= 15 is 0 Å². The maximum absolute atomic E-state index is 13.9. The van der Waals surface area contributed by atoms with Gasteiger partial charge in [0.1, 0.15) is 5.82 Å². The van der Waals surface area contributed by atoms with Crippen molar-refractivity contribution in [3.05, 3.63) is 40.7 Å². The number of nitrogens with one attached hydrogen (secondary N) is 1. The summed E-state index contributed by atoms with van der Waals surface area (Å²) >= 11 is 7.16. The van der Waals surface area contributed by atoms with Crippen molar-refractivity contribution in [2.24, 2.45) is 0 Å². The third kappa shape index (κ3) is 4.28. The highest BCUT2D eigenvalue weighted by molar-refractivity contribution is 8.01. The third-order valence-electron chi connectivity index (χ3n) is 4.00. The molecule has 2 aliphatic rings. The summed E-state index contributed by atoms with van der Waals surface area (Å²) in [5.41, 5.74) is 0.740. The van der Waals surface area contributed by atoms with Crippen LogP contribution in [-0.4, -0.2) is 36.8 Å². The Kier molecular flexibility index (Phi) is 5.89. The molecular formula is C17H19ClFNO4S. The lowest BCUT2D eigenvalue weighted by molar-refractivity contribution is -0.142. The van der Waals surface area contributed by atoms with Crippen LogP contribution in [-0.2, 0) is 19.0 Å². The molecule has 0 aromatic heterocycles. The highest BCUT2D eigenvalue weighted by Crippen LogP contribution is 2.39. The molecule has 0 saturated carbocycles. The van der Waals surface area contributed by atoms with Gasteiger partial charge in [-0.15, -0.1) is 0 Å². The minimum atomic E-state index is -0.847. The summed E-state index contributed by atoms with van der Waals surface area (Å²) in [4.78, 5) is 12.3. The van der Waals surface area contributed by atoms with E-state index in [-0.39, 0.29) is 17.5 Å². The molecule has 1 aliphatic heterocycles. The first kappa shape index (κ1) is 18.5. The average Bonchev–Trinajstić information content (AvgIpc) is 3.05. The Balaban J connectivity index is 1.77. The van der Waals surface area contributed by atoms with Crippen LogP contribution in [0, 0.1) is 5.82 Å². The van der Waals surface area contributed by atoms with E-state index in [0.717, 1.165) is 0 Å². The zero-order chi connectivity index (χ0) is 17.9. The Morgan fingerprint density at radius 3 is 2.96 bits per heavy atom. The van der Waals surface area contributed by atoms with Crippen LogP contribution in [0.4, 0.5) is 10.1 Å². The van der Waals surface area contributed by atoms with Crippen LogP contribution in [0.2, 0.25) is 5.02 Å². The summed E-state index contributed by atoms with van der Waals surface area (Å²) in [5, 5.41) is 0.219. The van der Waals surface area contributed by atoms with E-state index in [4.69, 9.17) is 25.8 Å². The number of anilines is 1. The van der Waals surface area contributed by atoms with Crippen LogP contribution < -0.4 is 4.72 Å². The number of benzene rings is 1. The van der Waals surface area contributed by atoms with Crippen LogP contribution in [0.3, 0.4) is 0 Å². The topological polar surface area (TPSA) is 56.8 Å². The molecule has 8 heteroatoms. The van der Waals surface area contributed by atoms with Gasteiger partial charge in [0.05, 0.1) is 36.3 Å². The number of carbonyl (C=O) groups is 1. The lowest BCUT2D eigenvalue weighted by Crippen LogP contribution is -2.36. The second kappa shape index (κ2) is 7.95. The van der Waals surface area contributed by atoms with Crippen molar-refractivity contribution in [3.8, 4) is 0 Å². The van der Waals surface area contributed by atoms with Gasteiger partial charge in [0, 0.05) is 11.4 Å². The van der Waals surface area contributed by atoms with Crippen LogP contribution in [0.5, 0.6) is 0 Å². The number of ether oxygens (including phenoxy) is 3. The van der Waals surface area contributed by atoms with Gasteiger partial charge in [0.15, 0.2) is 5.79 Å². The molecule has 1 aromatic rings. The lowest BCUT2D eigenvalue weighted by Gasteiger charge is -2.33. The summed E-state index contributed by atoms with van der Waals surface area (Å²) in [5.74, 6) is -1.67. The predicted octanol–water partition coefficient (Wildman–Crippen LogP) is 3.93. The van der Waals surface area contributed by atoms with Crippen LogP contribution in [0.1, 0.15) is 19.8 Å². The average molecular weight is 388 g/mol. The number of halogens is 2. The third-order valence-corrected chi connectivity index (χ3v) is 5.35. The SMILES string of the molecule is CCOC(=O)C1=CC2(CCC1SNc1cc(Cl)ccc1F)OCCO2. The molecule has 5 nitrogen and oxygen atoms in total. The highest BCUT2D eigenvalue weighted by Gasteiger charge is 2.42. The van der Waals surface area contributed by atoms with E-state index in [1.165, 1.54) is 30.1 Å². The fourth-order valence-corrected chi connectivity index (χ4v) is 3.95. The zero-order valence-electron chi connectivity index (χ0n) is 13.7. The number of rotatable bonds is 5. The van der Waals surface area contributed by atoms with Crippen molar-refractivity contribution in [1.82, 2.24) is 0 Å². The molecule has 1 fully saturated rings. The molecule has 1 N–H and O–H groups in total. The second-order valence-corrected chi connectivity index (χ2v) is 7.15. The molecule has 1 spiro atoms. The quantitative estimate of drug-likeness (QED) is 0.610.